The molecule has 2 heterocycles. The topological polar surface area (TPSA) is 124 Å². The van der Waals surface area contributed by atoms with Crippen molar-refractivity contribution >= 4 is 29.1 Å². The fourth-order valence-electron chi connectivity index (χ4n) is 3.70. The van der Waals surface area contributed by atoms with Crippen LogP contribution in [-0.4, -0.2) is 27.2 Å². The molecule has 4 rings (SSSR count). The fourth-order valence-corrected chi connectivity index (χ4v) is 4.73. The maximum atomic E-state index is 13.5. The molecule has 2 aromatic carbocycles. The van der Waals surface area contributed by atoms with Gasteiger partial charge < -0.3 is 9.84 Å². The largest absolute Gasteiger partial charge is 0.502 e. The van der Waals surface area contributed by atoms with Crippen molar-refractivity contribution in [3.63, 3.8) is 0 Å². The summed E-state index contributed by atoms with van der Waals surface area (Å²) >= 11 is 1.07. The molecule has 0 aliphatic carbocycles. The number of phenolic OH excluding ortho intramolecular Hbond substituents is 1. The van der Waals surface area contributed by atoms with E-state index in [1.54, 1.807) is 13.8 Å². The van der Waals surface area contributed by atoms with Crippen LogP contribution >= 0.6 is 11.3 Å². The molecule has 1 N–H and O–H groups in total. The van der Waals surface area contributed by atoms with Gasteiger partial charge in [0.05, 0.1) is 33.4 Å². The summed E-state index contributed by atoms with van der Waals surface area (Å²) in [6.45, 7) is 3.56. The van der Waals surface area contributed by atoms with Gasteiger partial charge in [0.2, 0.25) is 5.75 Å². The second-order valence-corrected chi connectivity index (χ2v) is 8.19. The van der Waals surface area contributed by atoms with Gasteiger partial charge in [-0.05, 0) is 25.5 Å². The lowest BCUT2D eigenvalue weighted by Gasteiger charge is -2.24. The van der Waals surface area contributed by atoms with Crippen molar-refractivity contribution in [1.29, 1.82) is 0 Å². The number of nitrogens with zero attached hydrogens (tertiary/aromatic N) is 3. The number of rotatable bonds is 5. The monoisotopic (exact) mass is 465 g/mol. The summed E-state index contributed by atoms with van der Waals surface area (Å²) in [7, 11) is 0. The van der Waals surface area contributed by atoms with Crippen LogP contribution in [0.4, 0.5) is 5.69 Å². The molecule has 0 bridgehead atoms. The molecule has 0 amide bonds. The van der Waals surface area contributed by atoms with Gasteiger partial charge in [-0.1, -0.05) is 53.8 Å². The Morgan fingerprint density at radius 3 is 2.67 bits per heavy atom. The standard InChI is InChI=1S/C23H19N3O6S/c1-3-32-22(29)18-13(2)24-23-25(19(18)14-8-5-4-6-9-14)21(28)17(33-23)12-15-10-7-11-16(20(15)27)26(30)31/h4-12,19,27H,3H2,1-2H3/b17-12-/t19-/m0/s1. The lowest BCUT2D eigenvalue weighted by molar-refractivity contribution is -0.385. The van der Waals surface area contributed by atoms with E-state index in [0.717, 1.165) is 11.3 Å². The SMILES string of the molecule is CCOC(=O)C1=C(C)N=c2s/c(=C\c3cccc([N+](=O)[O-])c3O)c(=O)n2[C@H]1c1ccccc1. The third-order valence-corrected chi connectivity index (χ3v) is 6.14. The van der Waals surface area contributed by atoms with Gasteiger partial charge in [-0.25, -0.2) is 9.79 Å². The van der Waals surface area contributed by atoms with E-state index in [4.69, 9.17) is 4.74 Å². The number of phenols is 1. The zero-order valence-electron chi connectivity index (χ0n) is 17.7. The van der Waals surface area contributed by atoms with E-state index in [2.05, 4.69) is 4.99 Å². The third kappa shape index (κ3) is 3.96. The quantitative estimate of drug-likeness (QED) is 0.351. The Hall–Kier alpha value is -4.05. The first-order valence-corrected chi connectivity index (χ1v) is 10.9. The van der Waals surface area contributed by atoms with Crippen molar-refractivity contribution in [2.75, 3.05) is 6.61 Å². The number of nitro benzene ring substituents is 1. The number of nitro groups is 1. The average molecular weight is 465 g/mol. The molecule has 168 valence electrons. The Bertz CT molecular complexity index is 1470. The number of fused-ring (bicyclic) bond motifs is 1. The Kier molecular flexibility index (Phi) is 5.93. The van der Waals surface area contributed by atoms with E-state index in [1.165, 1.54) is 28.8 Å². The molecule has 1 atom stereocenters. The number of carbonyl (C=O) groups excluding carboxylic acids is 1. The summed E-state index contributed by atoms with van der Waals surface area (Å²) in [6.07, 6.45) is 1.39. The number of aromatic hydroxyl groups is 1. The van der Waals surface area contributed by atoms with E-state index in [9.17, 15) is 24.8 Å². The first-order chi connectivity index (χ1) is 15.8. The Morgan fingerprint density at radius 2 is 2.00 bits per heavy atom. The minimum absolute atomic E-state index is 0.132. The maximum absolute atomic E-state index is 13.5. The molecule has 1 aromatic heterocycles. The smallest absolute Gasteiger partial charge is 0.338 e. The highest BCUT2D eigenvalue weighted by Crippen LogP contribution is 2.31. The van der Waals surface area contributed by atoms with E-state index >= 15 is 0 Å². The molecule has 0 saturated heterocycles. The van der Waals surface area contributed by atoms with Gasteiger partial charge in [0.25, 0.3) is 5.56 Å². The molecule has 0 fully saturated rings. The van der Waals surface area contributed by atoms with Crippen LogP contribution in [0.5, 0.6) is 5.75 Å². The highest BCUT2D eigenvalue weighted by atomic mass is 32.1. The highest BCUT2D eigenvalue weighted by molar-refractivity contribution is 7.07. The predicted octanol–water partition coefficient (Wildman–Crippen LogP) is 2.41. The van der Waals surface area contributed by atoms with Crippen LogP contribution in [-0.2, 0) is 9.53 Å². The number of thiazole rings is 1. The number of benzene rings is 2. The molecule has 9 nitrogen and oxygen atoms in total. The molecule has 0 saturated carbocycles. The molecule has 3 aromatic rings. The van der Waals surface area contributed by atoms with Gasteiger partial charge in [-0.2, -0.15) is 0 Å². The van der Waals surface area contributed by atoms with Crippen molar-refractivity contribution in [2.24, 2.45) is 4.99 Å². The summed E-state index contributed by atoms with van der Waals surface area (Å²) in [5.74, 6) is -1.09. The van der Waals surface area contributed by atoms with Crippen LogP contribution in [0.25, 0.3) is 6.08 Å². The van der Waals surface area contributed by atoms with Crippen molar-refractivity contribution in [2.45, 2.75) is 19.9 Å². The van der Waals surface area contributed by atoms with E-state index in [0.29, 0.717) is 16.1 Å². The van der Waals surface area contributed by atoms with Gasteiger partial charge in [0.15, 0.2) is 4.80 Å². The predicted molar refractivity (Wildman–Crippen MR) is 122 cm³/mol. The average Bonchev–Trinajstić information content (AvgIpc) is 3.09. The summed E-state index contributed by atoms with van der Waals surface area (Å²) in [6, 6.07) is 12.4. The minimum atomic E-state index is -0.748. The maximum Gasteiger partial charge on any atom is 0.338 e. The Morgan fingerprint density at radius 1 is 1.27 bits per heavy atom. The lowest BCUT2D eigenvalue weighted by atomic mass is 9.96. The minimum Gasteiger partial charge on any atom is -0.502 e. The van der Waals surface area contributed by atoms with Gasteiger partial charge in [0, 0.05) is 11.6 Å². The number of para-hydroxylation sites is 1. The van der Waals surface area contributed by atoms with E-state index < -0.39 is 33.9 Å². The van der Waals surface area contributed by atoms with E-state index in [1.807, 2.05) is 30.3 Å². The zero-order valence-corrected chi connectivity index (χ0v) is 18.5. The van der Waals surface area contributed by atoms with Crippen LogP contribution in [0.15, 0.2) is 69.6 Å². The number of allylic oxidation sites excluding steroid dienone is 1. The van der Waals surface area contributed by atoms with Crippen molar-refractivity contribution in [3.8, 4) is 5.75 Å². The lowest BCUT2D eigenvalue weighted by Crippen LogP contribution is -2.39. The highest BCUT2D eigenvalue weighted by Gasteiger charge is 2.33. The van der Waals surface area contributed by atoms with Crippen molar-refractivity contribution in [3.05, 3.63) is 101 Å². The summed E-state index contributed by atoms with van der Waals surface area (Å²) in [4.78, 5) is 41.5. The van der Waals surface area contributed by atoms with Crippen LogP contribution in [0.2, 0.25) is 0 Å². The molecule has 33 heavy (non-hydrogen) atoms. The second-order valence-electron chi connectivity index (χ2n) is 7.19. The molecule has 0 spiro atoms. The van der Waals surface area contributed by atoms with E-state index in [-0.39, 0.29) is 22.3 Å². The van der Waals surface area contributed by atoms with Crippen LogP contribution in [0.3, 0.4) is 0 Å². The third-order valence-electron chi connectivity index (χ3n) is 5.16. The molecular formula is C23H19N3O6S. The van der Waals surface area contributed by atoms with Crippen LogP contribution < -0.4 is 14.9 Å². The number of hydrogen-bond acceptors (Lipinski definition) is 8. The zero-order chi connectivity index (χ0) is 23.7. The van der Waals surface area contributed by atoms with Crippen molar-refractivity contribution in [1.82, 2.24) is 4.57 Å². The second kappa shape index (κ2) is 8.83. The first kappa shape index (κ1) is 22.2. The number of carbonyl (C=O) groups is 1. The molecule has 10 heteroatoms. The van der Waals surface area contributed by atoms with Gasteiger partial charge in [-0.15, -0.1) is 0 Å². The van der Waals surface area contributed by atoms with Gasteiger partial charge in [0.1, 0.15) is 0 Å². The molecular weight excluding hydrogens is 446 g/mol. The summed E-state index contributed by atoms with van der Waals surface area (Å²) < 4.78 is 6.87. The number of ether oxygens (including phenoxy) is 1. The Labute approximate surface area is 191 Å². The summed E-state index contributed by atoms with van der Waals surface area (Å²) in [5.41, 5.74) is 0.646. The van der Waals surface area contributed by atoms with Crippen LogP contribution in [0, 0.1) is 10.1 Å². The van der Waals surface area contributed by atoms with Gasteiger partial charge >= 0.3 is 11.7 Å². The normalized spacial score (nSPS) is 15.7. The number of aromatic nitrogens is 1. The van der Waals surface area contributed by atoms with Gasteiger partial charge in [-0.3, -0.25) is 19.5 Å². The number of esters is 1. The Balaban J connectivity index is 1.96. The molecule has 1 aliphatic rings. The number of hydrogen-bond donors (Lipinski definition) is 1. The summed E-state index contributed by atoms with van der Waals surface area (Å²) in [5, 5.41) is 21.4. The molecule has 0 radical (unpaired) electrons. The molecule has 1 aliphatic heterocycles. The van der Waals surface area contributed by atoms with Crippen LogP contribution in [0.1, 0.15) is 31.0 Å². The fraction of sp³-hybridized carbons (Fsp3) is 0.174. The van der Waals surface area contributed by atoms with Crippen molar-refractivity contribution < 1.29 is 19.6 Å². The molecule has 0 unspecified atom stereocenters. The first-order valence-electron chi connectivity index (χ1n) is 10.0.